The first-order chi connectivity index (χ1) is 12.6. The summed E-state index contributed by atoms with van der Waals surface area (Å²) in [6, 6.07) is 15.7. The summed E-state index contributed by atoms with van der Waals surface area (Å²) in [5.74, 6) is -0.136. The number of aromatic nitrogens is 1. The zero-order chi connectivity index (χ0) is 18.5. The SMILES string of the molecule is COC(=O)CCc1ccc(-c2ncc(-c3ccc(C(=N)N)cc3)s2)cc1. The molecule has 0 spiro atoms. The number of nitrogens with two attached hydrogens (primary N) is 1. The first-order valence-corrected chi connectivity index (χ1v) is 8.95. The number of benzene rings is 2. The number of methoxy groups -OCH3 is 1. The van der Waals surface area contributed by atoms with Crippen molar-refractivity contribution in [3.8, 4) is 21.0 Å². The van der Waals surface area contributed by atoms with Crippen LogP contribution in [-0.2, 0) is 16.0 Å². The Morgan fingerprint density at radius 1 is 1.12 bits per heavy atom. The van der Waals surface area contributed by atoms with Crippen LogP contribution in [0.4, 0.5) is 0 Å². The predicted molar refractivity (Wildman–Crippen MR) is 104 cm³/mol. The van der Waals surface area contributed by atoms with Crippen LogP contribution < -0.4 is 5.73 Å². The van der Waals surface area contributed by atoms with Gasteiger partial charge in [-0.05, 0) is 17.5 Å². The minimum Gasteiger partial charge on any atom is -0.469 e. The molecule has 132 valence electrons. The number of hydrogen-bond acceptors (Lipinski definition) is 5. The Balaban J connectivity index is 1.73. The van der Waals surface area contributed by atoms with Crippen LogP contribution in [0.2, 0.25) is 0 Å². The molecule has 2 aromatic carbocycles. The maximum atomic E-state index is 11.2. The summed E-state index contributed by atoms with van der Waals surface area (Å²) < 4.78 is 4.66. The lowest BCUT2D eigenvalue weighted by Crippen LogP contribution is -2.10. The molecule has 1 heterocycles. The van der Waals surface area contributed by atoms with Crippen molar-refractivity contribution in [2.75, 3.05) is 7.11 Å². The van der Waals surface area contributed by atoms with E-state index in [0.717, 1.165) is 26.6 Å². The summed E-state index contributed by atoms with van der Waals surface area (Å²) in [6.45, 7) is 0. The van der Waals surface area contributed by atoms with E-state index in [1.54, 1.807) is 11.3 Å². The summed E-state index contributed by atoms with van der Waals surface area (Å²) in [5, 5.41) is 8.39. The monoisotopic (exact) mass is 365 g/mol. The third-order valence-corrected chi connectivity index (χ3v) is 5.13. The molecule has 3 aromatic rings. The maximum Gasteiger partial charge on any atom is 0.305 e. The van der Waals surface area contributed by atoms with E-state index in [2.05, 4.69) is 9.72 Å². The molecular weight excluding hydrogens is 346 g/mol. The number of hydrogen-bond donors (Lipinski definition) is 2. The van der Waals surface area contributed by atoms with Crippen molar-refractivity contribution in [2.24, 2.45) is 5.73 Å². The highest BCUT2D eigenvalue weighted by Gasteiger charge is 2.08. The molecule has 5 nitrogen and oxygen atoms in total. The van der Waals surface area contributed by atoms with Gasteiger partial charge in [-0.25, -0.2) is 4.98 Å². The lowest BCUT2D eigenvalue weighted by Gasteiger charge is -2.02. The van der Waals surface area contributed by atoms with Crippen molar-refractivity contribution >= 4 is 23.1 Å². The fraction of sp³-hybridized carbons (Fsp3) is 0.150. The van der Waals surface area contributed by atoms with E-state index in [-0.39, 0.29) is 11.8 Å². The minimum absolute atomic E-state index is 0.0637. The van der Waals surface area contributed by atoms with Crippen LogP contribution in [0.5, 0.6) is 0 Å². The Labute approximate surface area is 156 Å². The molecule has 0 aliphatic rings. The highest BCUT2D eigenvalue weighted by atomic mass is 32.1. The molecular formula is C20H19N3O2S. The number of nitrogen functional groups attached to an aromatic ring is 1. The number of amidine groups is 1. The first kappa shape index (κ1) is 17.8. The second kappa shape index (κ2) is 7.93. The average Bonchev–Trinajstić information content (AvgIpc) is 3.16. The van der Waals surface area contributed by atoms with E-state index in [1.165, 1.54) is 7.11 Å². The molecule has 0 aliphatic carbocycles. The topological polar surface area (TPSA) is 89.1 Å². The van der Waals surface area contributed by atoms with Crippen LogP contribution in [-0.4, -0.2) is 23.9 Å². The molecule has 0 saturated heterocycles. The zero-order valence-electron chi connectivity index (χ0n) is 14.4. The summed E-state index contributed by atoms with van der Waals surface area (Å²) >= 11 is 1.61. The number of rotatable bonds is 6. The molecule has 6 heteroatoms. The van der Waals surface area contributed by atoms with Gasteiger partial charge in [0.25, 0.3) is 0 Å². The lowest BCUT2D eigenvalue weighted by atomic mass is 10.1. The minimum atomic E-state index is -0.200. The van der Waals surface area contributed by atoms with Crippen LogP contribution in [0.3, 0.4) is 0 Å². The van der Waals surface area contributed by atoms with Crippen LogP contribution in [0.25, 0.3) is 21.0 Å². The van der Waals surface area contributed by atoms with Gasteiger partial charge in [-0.2, -0.15) is 0 Å². The van der Waals surface area contributed by atoms with Gasteiger partial charge in [0.1, 0.15) is 10.8 Å². The normalized spacial score (nSPS) is 10.5. The van der Waals surface area contributed by atoms with Gasteiger partial charge in [-0.1, -0.05) is 48.5 Å². The molecule has 3 N–H and O–H groups in total. The second-order valence-corrected chi connectivity index (χ2v) is 6.82. The van der Waals surface area contributed by atoms with Gasteiger partial charge in [0, 0.05) is 23.7 Å². The summed E-state index contributed by atoms with van der Waals surface area (Å²) in [6.07, 6.45) is 2.90. The smallest absolute Gasteiger partial charge is 0.305 e. The van der Waals surface area contributed by atoms with Gasteiger partial charge in [-0.3, -0.25) is 10.2 Å². The van der Waals surface area contributed by atoms with Crippen molar-refractivity contribution in [2.45, 2.75) is 12.8 Å². The summed E-state index contributed by atoms with van der Waals surface area (Å²) in [4.78, 5) is 16.8. The number of aryl methyl sites for hydroxylation is 1. The van der Waals surface area contributed by atoms with Gasteiger partial charge < -0.3 is 10.5 Å². The molecule has 0 radical (unpaired) electrons. The Kier molecular flexibility index (Phi) is 5.43. The van der Waals surface area contributed by atoms with Crippen molar-refractivity contribution in [3.05, 3.63) is 65.9 Å². The average molecular weight is 365 g/mol. The molecule has 1 aromatic heterocycles. The van der Waals surface area contributed by atoms with Crippen molar-refractivity contribution in [3.63, 3.8) is 0 Å². The zero-order valence-corrected chi connectivity index (χ0v) is 15.2. The van der Waals surface area contributed by atoms with Crippen LogP contribution in [0, 0.1) is 5.41 Å². The molecule has 0 atom stereocenters. The molecule has 0 amide bonds. The molecule has 26 heavy (non-hydrogen) atoms. The third-order valence-electron chi connectivity index (χ3n) is 4.03. The highest BCUT2D eigenvalue weighted by Crippen LogP contribution is 2.32. The van der Waals surface area contributed by atoms with E-state index in [0.29, 0.717) is 18.4 Å². The number of ether oxygens (including phenoxy) is 1. The van der Waals surface area contributed by atoms with Crippen molar-refractivity contribution < 1.29 is 9.53 Å². The number of nitrogens with one attached hydrogen (secondary N) is 1. The van der Waals surface area contributed by atoms with E-state index in [1.807, 2.05) is 54.7 Å². The Bertz CT molecular complexity index is 915. The number of esters is 1. The van der Waals surface area contributed by atoms with Crippen LogP contribution in [0.15, 0.2) is 54.7 Å². The van der Waals surface area contributed by atoms with Crippen molar-refractivity contribution in [1.82, 2.24) is 4.98 Å². The quantitative estimate of drug-likeness (QED) is 0.394. The van der Waals surface area contributed by atoms with E-state index >= 15 is 0 Å². The fourth-order valence-corrected chi connectivity index (χ4v) is 3.44. The lowest BCUT2D eigenvalue weighted by molar-refractivity contribution is -0.140. The van der Waals surface area contributed by atoms with Gasteiger partial charge in [0.05, 0.1) is 12.0 Å². The Hall–Kier alpha value is -2.99. The summed E-state index contributed by atoms with van der Waals surface area (Å²) in [5.41, 5.74) is 9.39. The fourth-order valence-electron chi connectivity index (χ4n) is 2.52. The summed E-state index contributed by atoms with van der Waals surface area (Å²) in [7, 11) is 1.40. The van der Waals surface area contributed by atoms with E-state index in [4.69, 9.17) is 11.1 Å². The van der Waals surface area contributed by atoms with E-state index < -0.39 is 0 Å². The number of nitrogens with zero attached hydrogens (tertiary/aromatic N) is 1. The largest absolute Gasteiger partial charge is 0.469 e. The molecule has 0 fully saturated rings. The number of carbonyl (C=O) groups excluding carboxylic acids is 1. The highest BCUT2D eigenvalue weighted by molar-refractivity contribution is 7.18. The molecule has 0 aliphatic heterocycles. The molecule has 0 bridgehead atoms. The third kappa shape index (κ3) is 4.15. The van der Waals surface area contributed by atoms with Gasteiger partial charge in [0.15, 0.2) is 0 Å². The van der Waals surface area contributed by atoms with Gasteiger partial charge in [0.2, 0.25) is 0 Å². The van der Waals surface area contributed by atoms with Crippen LogP contribution in [0.1, 0.15) is 17.5 Å². The predicted octanol–water partition coefficient (Wildman–Crippen LogP) is 3.87. The number of carbonyl (C=O) groups is 1. The number of thiazole rings is 1. The van der Waals surface area contributed by atoms with Gasteiger partial charge in [-0.15, -0.1) is 11.3 Å². The Morgan fingerprint density at radius 2 is 1.77 bits per heavy atom. The maximum absolute atomic E-state index is 11.2. The van der Waals surface area contributed by atoms with Crippen LogP contribution >= 0.6 is 11.3 Å². The van der Waals surface area contributed by atoms with E-state index in [9.17, 15) is 4.79 Å². The van der Waals surface area contributed by atoms with Gasteiger partial charge >= 0.3 is 5.97 Å². The second-order valence-electron chi connectivity index (χ2n) is 5.79. The standard InChI is InChI=1S/C20H19N3O2S/c1-25-18(24)11-4-13-2-5-16(6-3-13)20-23-12-17(26-20)14-7-9-15(10-8-14)19(21)22/h2-3,5-10,12H,4,11H2,1H3,(H3,21,22). The Morgan fingerprint density at radius 3 is 2.38 bits per heavy atom. The molecule has 3 rings (SSSR count). The first-order valence-electron chi connectivity index (χ1n) is 8.13. The molecule has 0 unspecified atom stereocenters. The van der Waals surface area contributed by atoms with Crippen molar-refractivity contribution in [1.29, 1.82) is 5.41 Å². The molecule has 0 saturated carbocycles.